The third kappa shape index (κ3) is 7.95. The molecule has 0 radical (unpaired) electrons. The topological polar surface area (TPSA) is 64.7 Å². The summed E-state index contributed by atoms with van der Waals surface area (Å²) >= 11 is 12.2. The molecule has 2 aromatic carbocycles. The third-order valence-electron chi connectivity index (χ3n) is 7.87. The van der Waals surface area contributed by atoms with Gasteiger partial charge in [-0.1, -0.05) is 66.9 Å². The molecule has 4 rings (SSSR count). The Bertz CT molecular complexity index is 1060. The molecule has 2 saturated heterocycles. The van der Waals surface area contributed by atoms with Gasteiger partial charge in [-0.25, -0.2) is 0 Å². The average Bonchev–Trinajstić information content (AvgIpc) is 3.08. The summed E-state index contributed by atoms with van der Waals surface area (Å²) in [4.78, 5) is 31.2. The normalized spacial score (nSPS) is 21.7. The van der Waals surface area contributed by atoms with Crippen molar-refractivity contribution in [2.24, 2.45) is 0 Å². The number of carbonyl (C=O) groups is 2. The van der Waals surface area contributed by atoms with E-state index in [4.69, 9.17) is 23.2 Å². The number of hydrogen-bond acceptors (Lipinski definition) is 4. The maximum Gasteiger partial charge on any atom is 0.252 e. The van der Waals surface area contributed by atoms with Crippen molar-refractivity contribution in [1.29, 1.82) is 0 Å². The van der Waals surface area contributed by atoms with E-state index in [1.165, 1.54) is 24.8 Å². The van der Waals surface area contributed by atoms with Crippen LogP contribution in [0.4, 0.5) is 0 Å². The van der Waals surface area contributed by atoms with Gasteiger partial charge < -0.3 is 20.4 Å². The summed E-state index contributed by atoms with van der Waals surface area (Å²) in [6.45, 7) is 7.11. The van der Waals surface area contributed by atoms with Crippen molar-refractivity contribution in [1.82, 2.24) is 20.4 Å². The first kappa shape index (κ1) is 28.9. The van der Waals surface area contributed by atoms with Crippen LogP contribution in [0.2, 0.25) is 10.0 Å². The zero-order chi connectivity index (χ0) is 26.9. The Kier molecular flexibility index (Phi) is 10.9. The predicted octanol–water partition coefficient (Wildman–Crippen LogP) is 5.35. The maximum absolute atomic E-state index is 13.8. The van der Waals surface area contributed by atoms with Gasteiger partial charge in [-0.2, -0.15) is 0 Å². The van der Waals surface area contributed by atoms with Crippen molar-refractivity contribution in [3.63, 3.8) is 0 Å². The Morgan fingerprint density at radius 1 is 1.08 bits per heavy atom. The number of hydrogen-bond donors (Lipinski definition) is 2. The number of nitrogens with zero attached hydrogens (tertiary/aromatic N) is 2. The Morgan fingerprint density at radius 2 is 1.84 bits per heavy atom. The molecule has 2 fully saturated rings. The van der Waals surface area contributed by atoms with E-state index in [-0.39, 0.29) is 23.9 Å². The van der Waals surface area contributed by atoms with Crippen molar-refractivity contribution in [2.75, 3.05) is 39.3 Å². The van der Waals surface area contributed by atoms with Gasteiger partial charge in [0.05, 0.1) is 16.6 Å². The minimum Gasteiger partial charge on any atom is -0.350 e. The molecule has 2 amide bonds. The molecule has 0 aliphatic carbocycles. The van der Waals surface area contributed by atoms with Crippen molar-refractivity contribution in [3.8, 4) is 0 Å². The summed E-state index contributed by atoms with van der Waals surface area (Å²) in [6, 6.07) is 15.1. The molecule has 2 aliphatic rings. The molecule has 0 bridgehead atoms. The number of carbonyl (C=O) groups excluding carboxylic acids is 2. The molecule has 2 N–H and O–H groups in total. The molecule has 206 valence electrons. The number of piperidine rings is 1. The number of nitrogens with one attached hydrogen (secondary N) is 2. The monoisotopic (exact) mass is 558 g/mol. The lowest BCUT2D eigenvalue weighted by atomic mass is 9.95. The third-order valence-corrected chi connectivity index (χ3v) is 8.41. The number of amides is 2. The standard InChI is InChI=1S/C30H40Cl2N4O2/c1-2-22(23-9-5-3-6-10-23)21-36-18-13-25(20-33-29(37)26-12-11-24(31)19-27(26)32)34-28(30(36)38)14-17-35-15-7-4-8-16-35/h3,5-6,9-12,19,22,25,28,34H,2,4,7-8,13-18,20-21H2,1H3,(H,33,37)/t22?,25-,28-/m0/s1. The Balaban J connectivity index is 1.43. The molecule has 2 heterocycles. The van der Waals surface area contributed by atoms with Gasteiger partial charge in [0.15, 0.2) is 0 Å². The summed E-state index contributed by atoms with van der Waals surface area (Å²) in [5.41, 5.74) is 1.67. The van der Waals surface area contributed by atoms with E-state index in [0.29, 0.717) is 41.2 Å². The van der Waals surface area contributed by atoms with Gasteiger partial charge in [0.1, 0.15) is 0 Å². The van der Waals surface area contributed by atoms with Gasteiger partial charge in [-0.3, -0.25) is 9.59 Å². The van der Waals surface area contributed by atoms with Crippen molar-refractivity contribution in [2.45, 2.75) is 63.5 Å². The second-order valence-electron chi connectivity index (χ2n) is 10.5. The van der Waals surface area contributed by atoms with Crippen molar-refractivity contribution >= 4 is 35.0 Å². The van der Waals surface area contributed by atoms with Gasteiger partial charge in [-0.05, 0) is 69.0 Å². The smallest absolute Gasteiger partial charge is 0.252 e. The van der Waals surface area contributed by atoms with E-state index >= 15 is 0 Å². The largest absolute Gasteiger partial charge is 0.350 e. The molecule has 8 heteroatoms. The highest BCUT2D eigenvalue weighted by molar-refractivity contribution is 6.36. The average molecular weight is 560 g/mol. The van der Waals surface area contributed by atoms with E-state index in [2.05, 4.69) is 46.7 Å². The second-order valence-corrected chi connectivity index (χ2v) is 11.4. The maximum atomic E-state index is 13.8. The Hall–Kier alpha value is -2.12. The van der Waals surface area contributed by atoms with Gasteiger partial charge >= 0.3 is 0 Å². The summed E-state index contributed by atoms with van der Waals surface area (Å²) < 4.78 is 0. The van der Waals surface area contributed by atoms with Crippen LogP contribution in [0.3, 0.4) is 0 Å². The van der Waals surface area contributed by atoms with Crippen LogP contribution in [0.25, 0.3) is 0 Å². The fourth-order valence-electron chi connectivity index (χ4n) is 5.57. The first-order valence-electron chi connectivity index (χ1n) is 14.0. The van der Waals surface area contributed by atoms with Gasteiger partial charge in [0.2, 0.25) is 5.91 Å². The van der Waals surface area contributed by atoms with E-state index in [9.17, 15) is 9.59 Å². The summed E-state index contributed by atoms with van der Waals surface area (Å²) in [6.07, 6.45) is 6.27. The van der Waals surface area contributed by atoms with Crippen LogP contribution in [0.5, 0.6) is 0 Å². The van der Waals surface area contributed by atoms with Crippen LogP contribution in [-0.2, 0) is 4.79 Å². The minimum absolute atomic E-state index is 0.0119. The first-order chi connectivity index (χ1) is 18.4. The van der Waals surface area contributed by atoms with E-state index in [0.717, 1.165) is 38.9 Å². The quantitative estimate of drug-likeness (QED) is 0.412. The van der Waals surface area contributed by atoms with Gasteiger partial charge in [0, 0.05) is 43.2 Å². The molecule has 6 nitrogen and oxygen atoms in total. The zero-order valence-corrected chi connectivity index (χ0v) is 23.8. The van der Waals surface area contributed by atoms with Crippen LogP contribution in [0.15, 0.2) is 48.5 Å². The Morgan fingerprint density at radius 3 is 2.55 bits per heavy atom. The Labute approximate surface area is 237 Å². The van der Waals surface area contributed by atoms with Crippen LogP contribution < -0.4 is 10.6 Å². The first-order valence-corrected chi connectivity index (χ1v) is 14.8. The number of rotatable bonds is 10. The highest BCUT2D eigenvalue weighted by Crippen LogP contribution is 2.24. The molecule has 3 atom stereocenters. The molecular formula is C30H40Cl2N4O2. The van der Waals surface area contributed by atoms with Gasteiger partial charge in [-0.15, -0.1) is 0 Å². The van der Waals surface area contributed by atoms with Crippen LogP contribution >= 0.6 is 23.2 Å². The summed E-state index contributed by atoms with van der Waals surface area (Å²) in [5.74, 6) is 0.234. The van der Waals surface area contributed by atoms with Crippen molar-refractivity contribution < 1.29 is 9.59 Å². The highest BCUT2D eigenvalue weighted by atomic mass is 35.5. The molecule has 1 unspecified atom stereocenters. The fraction of sp³-hybridized carbons (Fsp3) is 0.533. The number of benzene rings is 2. The lowest BCUT2D eigenvalue weighted by molar-refractivity contribution is -0.133. The van der Waals surface area contributed by atoms with Crippen molar-refractivity contribution in [3.05, 3.63) is 69.7 Å². The molecule has 0 spiro atoms. The fourth-order valence-corrected chi connectivity index (χ4v) is 6.07. The molecule has 2 aliphatic heterocycles. The number of halogens is 2. The minimum atomic E-state index is -0.270. The van der Waals surface area contributed by atoms with Crippen LogP contribution in [0.1, 0.15) is 67.3 Å². The summed E-state index contributed by atoms with van der Waals surface area (Å²) in [7, 11) is 0. The lowest BCUT2D eigenvalue weighted by Crippen LogP contribution is -2.50. The lowest BCUT2D eigenvalue weighted by Gasteiger charge is -2.31. The van der Waals surface area contributed by atoms with E-state index in [1.807, 2.05) is 11.0 Å². The SMILES string of the molecule is CCC(CN1CC[C@@H](CNC(=O)c2ccc(Cl)cc2Cl)N[C@@H](CCN2CCCCC2)C1=O)c1ccccc1. The van der Waals surface area contributed by atoms with Crippen LogP contribution in [-0.4, -0.2) is 73.0 Å². The second kappa shape index (κ2) is 14.3. The molecule has 0 aromatic heterocycles. The number of likely N-dealkylation sites (tertiary alicyclic amines) is 1. The van der Waals surface area contributed by atoms with E-state index in [1.54, 1.807) is 18.2 Å². The van der Waals surface area contributed by atoms with E-state index < -0.39 is 0 Å². The molecule has 0 saturated carbocycles. The zero-order valence-electron chi connectivity index (χ0n) is 22.3. The molecule has 38 heavy (non-hydrogen) atoms. The van der Waals surface area contributed by atoms with Gasteiger partial charge in [0.25, 0.3) is 5.91 Å². The van der Waals surface area contributed by atoms with Crippen LogP contribution in [0, 0.1) is 0 Å². The summed E-state index contributed by atoms with van der Waals surface area (Å²) in [5, 5.41) is 7.45. The molecule has 2 aromatic rings. The molecular weight excluding hydrogens is 519 g/mol. The predicted molar refractivity (Wildman–Crippen MR) is 155 cm³/mol. The highest BCUT2D eigenvalue weighted by Gasteiger charge is 2.32.